The summed E-state index contributed by atoms with van der Waals surface area (Å²) in [5.74, 6) is -0.749. The Bertz CT molecular complexity index is 800. The number of aromatic nitrogens is 3. The van der Waals surface area contributed by atoms with E-state index in [1.54, 1.807) is 12.1 Å². The van der Waals surface area contributed by atoms with Crippen LogP contribution in [0.3, 0.4) is 0 Å². The molecule has 0 atom stereocenters. The highest BCUT2D eigenvalue weighted by Gasteiger charge is 2.20. The molecule has 2 aromatic heterocycles. The molecular formula is C15H12FN3O3S. The van der Waals surface area contributed by atoms with E-state index in [9.17, 15) is 9.18 Å². The first-order valence-electron chi connectivity index (χ1n) is 6.74. The van der Waals surface area contributed by atoms with Crippen LogP contribution in [0.15, 0.2) is 41.8 Å². The van der Waals surface area contributed by atoms with Gasteiger partial charge in [-0.25, -0.2) is 13.9 Å². The van der Waals surface area contributed by atoms with Crippen molar-refractivity contribution in [2.24, 2.45) is 0 Å². The van der Waals surface area contributed by atoms with Crippen LogP contribution in [0.4, 0.5) is 4.39 Å². The second-order valence-electron chi connectivity index (χ2n) is 4.48. The van der Waals surface area contributed by atoms with Gasteiger partial charge in [0.25, 0.3) is 5.82 Å². The predicted molar refractivity (Wildman–Crippen MR) is 82.0 cm³/mol. The third-order valence-corrected chi connectivity index (χ3v) is 3.79. The van der Waals surface area contributed by atoms with Gasteiger partial charge in [-0.3, -0.25) is 0 Å². The minimum atomic E-state index is -0.724. The first-order chi connectivity index (χ1) is 11.2. The minimum Gasteiger partial charge on any atom is -0.457 e. The van der Waals surface area contributed by atoms with Crippen molar-refractivity contribution in [3.8, 4) is 16.4 Å². The maximum Gasteiger partial charge on any atom is 0.378 e. The molecule has 0 aliphatic rings. The van der Waals surface area contributed by atoms with E-state index < -0.39 is 5.97 Å². The van der Waals surface area contributed by atoms with E-state index in [2.05, 4.69) is 10.1 Å². The molecule has 0 amide bonds. The summed E-state index contributed by atoms with van der Waals surface area (Å²) in [5.41, 5.74) is 0.573. The maximum atomic E-state index is 13.1. The van der Waals surface area contributed by atoms with Gasteiger partial charge in [-0.15, -0.1) is 16.4 Å². The Morgan fingerprint density at radius 2 is 2.09 bits per heavy atom. The molecule has 0 bridgehead atoms. The molecule has 0 unspecified atom stereocenters. The second-order valence-corrected chi connectivity index (χ2v) is 5.43. The molecule has 1 N–H and O–H groups in total. The van der Waals surface area contributed by atoms with Gasteiger partial charge < -0.3 is 9.84 Å². The number of carbonyl (C=O) groups is 1. The monoisotopic (exact) mass is 333 g/mol. The summed E-state index contributed by atoms with van der Waals surface area (Å²) in [5, 5.41) is 14.7. The quantitative estimate of drug-likeness (QED) is 0.725. The molecule has 0 saturated heterocycles. The van der Waals surface area contributed by atoms with Crippen molar-refractivity contribution in [2.75, 3.05) is 13.2 Å². The van der Waals surface area contributed by atoms with Crippen LogP contribution in [0.25, 0.3) is 16.4 Å². The molecule has 3 rings (SSSR count). The molecular weight excluding hydrogens is 321 g/mol. The van der Waals surface area contributed by atoms with Gasteiger partial charge in [0.1, 0.15) is 12.4 Å². The number of carbonyl (C=O) groups excluding carboxylic acids is 1. The van der Waals surface area contributed by atoms with E-state index in [1.807, 2.05) is 17.5 Å². The minimum absolute atomic E-state index is 0.119. The van der Waals surface area contributed by atoms with Crippen LogP contribution < -0.4 is 0 Å². The Balaban J connectivity index is 2.04. The lowest BCUT2D eigenvalue weighted by Gasteiger charge is -2.03. The summed E-state index contributed by atoms with van der Waals surface area (Å²) in [4.78, 5) is 16.9. The number of hydrogen-bond donors (Lipinski definition) is 1. The number of hydrogen-bond acceptors (Lipinski definition) is 6. The van der Waals surface area contributed by atoms with Gasteiger partial charge in [0.05, 0.1) is 17.2 Å². The van der Waals surface area contributed by atoms with Crippen LogP contribution in [-0.2, 0) is 4.74 Å². The molecule has 0 aliphatic heterocycles. The molecule has 0 aliphatic carbocycles. The van der Waals surface area contributed by atoms with Gasteiger partial charge in [0.2, 0.25) is 0 Å². The maximum absolute atomic E-state index is 13.1. The number of thiophene rings is 1. The van der Waals surface area contributed by atoms with E-state index in [4.69, 9.17) is 9.84 Å². The lowest BCUT2D eigenvalue weighted by Crippen LogP contribution is -2.11. The summed E-state index contributed by atoms with van der Waals surface area (Å²) >= 11 is 1.44. The summed E-state index contributed by atoms with van der Waals surface area (Å²) in [6.07, 6.45) is 0. The Labute approximate surface area is 134 Å². The number of nitrogens with zero attached hydrogens (tertiary/aromatic N) is 3. The highest BCUT2D eigenvalue weighted by atomic mass is 32.1. The highest BCUT2D eigenvalue weighted by Crippen LogP contribution is 2.25. The predicted octanol–water partition coefficient (Wildman–Crippen LogP) is 2.28. The zero-order valence-electron chi connectivity index (χ0n) is 11.8. The highest BCUT2D eigenvalue weighted by molar-refractivity contribution is 7.13. The summed E-state index contributed by atoms with van der Waals surface area (Å²) in [6.45, 7) is -0.402. The molecule has 2 heterocycles. The molecule has 23 heavy (non-hydrogen) atoms. The number of aliphatic hydroxyl groups is 1. The van der Waals surface area contributed by atoms with Crippen LogP contribution in [0.1, 0.15) is 10.6 Å². The molecule has 8 heteroatoms. The fourth-order valence-corrected chi connectivity index (χ4v) is 2.63. The van der Waals surface area contributed by atoms with E-state index in [0.29, 0.717) is 11.5 Å². The van der Waals surface area contributed by atoms with Crippen LogP contribution in [0.2, 0.25) is 0 Å². The number of halogens is 1. The zero-order chi connectivity index (χ0) is 16.2. The van der Waals surface area contributed by atoms with Crippen molar-refractivity contribution in [1.29, 1.82) is 0 Å². The third kappa shape index (κ3) is 3.27. The second kappa shape index (κ2) is 6.67. The molecule has 0 fully saturated rings. The Kier molecular flexibility index (Phi) is 4.45. The van der Waals surface area contributed by atoms with Crippen molar-refractivity contribution in [3.63, 3.8) is 0 Å². The fraction of sp³-hybridized carbons (Fsp3) is 0.133. The van der Waals surface area contributed by atoms with Crippen LogP contribution in [0, 0.1) is 5.82 Å². The zero-order valence-corrected chi connectivity index (χ0v) is 12.7. The third-order valence-electron chi connectivity index (χ3n) is 2.93. The normalized spacial score (nSPS) is 10.7. The average Bonchev–Trinajstić information content (AvgIpc) is 3.22. The number of benzene rings is 1. The van der Waals surface area contributed by atoms with Gasteiger partial charge in [-0.1, -0.05) is 6.07 Å². The first-order valence-corrected chi connectivity index (χ1v) is 7.62. The van der Waals surface area contributed by atoms with Gasteiger partial charge >= 0.3 is 5.97 Å². The standard InChI is InChI=1S/C15H12FN3O3S/c16-10-3-5-11(6-4-10)19-14(12-2-1-9-23-12)17-13(18-19)15(21)22-8-7-20/h1-6,9,20H,7-8H2. The van der Waals surface area contributed by atoms with Gasteiger partial charge in [-0.05, 0) is 35.7 Å². The molecule has 0 saturated carbocycles. The van der Waals surface area contributed by atoms with Crippen LogP contribution in [-0.4, -0.2) is 39.1 Å². The number of esters is 1. The lowest BCUT2D eigenvalue weighted by molar-refractivity contribution is 0.0420. The van der Waals surface area contributed by atoms with Crippen molar-refractivity contribution < 1.29 is 19.0 Å². The largest absolute Gasteiger partial charge is 0.457 e. The van der Waals surface area contributed by atoms with Crippen molar-refractivity contribution in [1.82, 2.24) is 14.8 Å². The summed E-state index contributed by atoms with van der Waals surface area (Å²) in [7, 11) is 0. The van der Waals surface area contributed by atoms with Crippen LogP contribution in [0.5, 0.6) is 0 Å². The number of ether oxygens (including phenoxy) is 1. The fourth-order valence-electron chi connectivity index (χ4n) is 1.93. The SMILES string of the molecule is O=C(OCCO)c1nc(-c2cccs2)n(-c2ccc(F)cc2)n1. The average molecular weight is 333 g/mol. The molecule has 118 valence electrons. The smallest absolute Gasteiger partial charge is 0.378 e. The first kappa shape index (κ1) is 15.3. The van der Waals surface area contributed by atoms with Gasteiger partial charge in [0.15, 0.2) is 5.82 Å². The molecule has 0 radical (unpaired) electrons. The topological polar surface area (TPSA) is 77.2 Å². The molecule has 6 nitrogen and oxygen atoms in total. The van der Waals surface area contributed by atoms with Crippen molar-refractivity contribution in [3.05, 3.63) is 53.4 Å². The molecule has 1 aromatic carbocycles. The molecule has 3 aromatic rings. The Morgan fingerprint density at radius 1 is 1.30 bits per heavy atom. The van der Waals surface area contributed by atoms with E-state index in [1.165, 1.54) is 28.2 Å². The summed E-state index contributed by atoms with van der Waals surface area (Å²) < 4.78 is 19.4. The van der Waals surface area contributed by atoms with Gasteiger partial charge in [0, 0.05) is 0 Å². The van der Waals surface area contributed by atoms with E-state index in [0.717, 1.165) is 4.88 Å². The number of aliphatic hydroxyl groups excluding tert-OH is 1. The van der Waals surface area contributed by atoms with Crippen LogP contribution >= 0.6 is 11.3 Å². The van der Waals surface area contributed by atoms with Crippen molar-refractivity contribution >= 4 is 17.3 Å². The Morgan fingerprint density at radius 3 is 2.74 bits per heavy atom. The van der Waals surface area contributed by atoms with E-state index >= 15 is 0 Å². The molecule has 0 spiro atoms. The Hall–Kier alpha value is -2.58. The van der Waals surface area contributed by atoms with E-state index in [-0.39, 0.29) is 24.9 Å². The van der Waals surface area contributed by atoms with Gasteiger partial charge in [-0.2, -0.15) is 4.98 Å². The number of rotatable bonds is 5. The summed E-state index contributed by atoms with van der Waals surface area (Å²) in [6, 6.07) is 9.40. The lowest BCUT2D eigenvalue weighted by atomic mass is 10.3. The van der Waals surface area contributed by atoms with Crippen molar-refractivity contribution in [2.45, 2.75) is 0 Å².